The first-order chi connectivity index (χ1) is 14.8. The molecular formula is C20H20ClFN4O4S. The summed E-state index contributed by atoms with van der Waals surface area (Å²) in [6.45, 7) is 0.480. The van der Waals surface area contributed by atoms with Gasteiger partial charge in [0.2, 0.25) is 11.0 Å². The van der Waals surface area contributed by atoms with Crippen molar-refractivity contribution in [2.24, 2.45) is 5.92 Å². The minimum atomic E-state index is -3.89. The zero-order chi connectivity index (χ0) is 22.0. The normalized spacial score (nSPS) is 17.5. The first-order valence-corrected chi connectivity index (χ1v) is 11.5. The van der Waals surface area contributed by atoms with Gasteiger partial charge in [-0.25, -0.2) is 12.8 Å². The van der Waals surface area contributed by atoms with Crippen LogP contribution in [0.1, 0.15) is 18.4 Å². The van der Waals surface area contributed by atoms with Crippen LogP contribution in [0, 0.1) is 11.7 Å². The summed E-state index contributed by atoms with van der Waals surface area (Å²) in [6.07, 6.45) is 2.65. The first kappa shape index (κ1) is 21.5. The van der Waals surface area contributed by atoms with Crippen LogP contribution in [-0.4, -0.2) is 41.9 Å². The van der Waals surface area contributed by atoms with E-state index in [1.807, 2.05) is 0 Å². The Morgan fingerprint density at radius 1 is 1.32 bits per heavy atom. The van der Waals surface area contributed by atoms with E-state index in [0.29, 0.717) is 36.4 Å². The van der Waals surface area contributed by atoms with E-state index in [4.69, 9.17) is 16.0 Å². The van der Waals surface area contributed by atoms with Crippen molar-refractivity contribution >= 4 is 27.5 Å². The Balaban J connectivity index is 1.42. The van der Waals surface area contributed by atoms with Crippen molar-refractivity contribution in [3.63, 3.8) is 0 Å². The number of carbonyl (C=O) groups is 1. The molecule has 3 heterocycles. The minimum absolute atomic E-state index is 0.0470. The monoisotopic (exact) mass is 466 g/mol. The molecule has 4 rings (SSSR count). The maximum Gasteiger partial charge on any atom is 0.276 e. The van der Waals surface area contributed by atoms with Crippen LogP contribution >= 0.6 is 11.6 Å². The van der Waals surface area contributed by atoms with Gasteiger partial charge in [0, 0.05) is 30.9 Å². The third-order valence-electron chi connectivity index (χ3n) is 5.16. The van der Waals surface area contributed by atoms with Crippen molar-refractivity contribution in [2.45, 2.75) is 24.5 Å². The van der Waals surface area contributed by atoms with Gasteiger partial charge in [-0.15, -0.1) is 0 Å². The molecule has 1 saturated heterocycles. The predicted molar refractivity (Wildman–Crippen MR) is 111 cm³/mol. The van der Waals surface area contributed by atoms with Crippen LogP contribution in [0.15, 0.2) is 52.1 Å². The molecule has 1 atom stereocenters. The van der Waals surface area contributed by atoms with E-state index >= 15 is 0 Å². The Morgan fingerprint density at radius 2 is 2.16 bits per heavy atom. The molecule has 1 aliphatic rings. The molecule has 31 heavy (non-hydrogen) atoms. The van der Waals surface area contributed by atoms with Crippen LogP contribution in [0.25, 0.3) is 11.5 Å². The van der Waals surface area contributed by atoms with Gasteiger partial charge in [0.1, 0.15) is 11.5 Å². The SMILES string of the molecule is O=C(NCc1ccc(F)cc1Cl)C1CCCN(S(=O)(=O)c2ccc(-c3ccn[nH]3)o2)C1. The lowest BCUT2D eigenvalue weighted by Gasteiger charge is -2.30. The molecule has 2 N–H and O–H groups in total. The number of furan rings is 1. The van der Waals surface area contributed by atoms with Crippen LogP contribution in [-0.2, 0) is 21.4 Å². The molecule has 8 nitrogen and oxygen atoms in total. The molecular weight excluding hydrogens is 447 g/mol. The van der Waals surface area contributed by atoms with E-state index in [0.717, 1.165) is 0 Å². The Hall–Kier alpha value is -2.69. The fraction of sp³-hybridized carbons (Fsp3) is 0.300. The number of aromatic nitrogens is 2. The van der Waals surface area contributed by atoms with Crippen molar-refractivity contribution in [1.82, 2.24) is 19.8 Å². The zero-order valence-corrected chi connectivity index (χ0v) is 17.9. The number of aromatic amines is 1. The van der Waals surface area contributed by atoms with Crippen LogP contribution < -0.4 is 5.32 Å². The van der Waals surface area contributed by atoms with Crippen molar-refractivity contribution < 1.29 is 22.0 Å². The van der Waals surface area contributed by atoms with Gasteiger partial charge in [0.15, 0.2) is 5.76 Å². The highest BCUT2D eigenvalue weighted by molar-refractivity contribution is 7.89. The summed E-state index contributed by atoms with van der Waals surface area (Å²) in [5.41, 5.74) is 1.15. The summed E-state index contributed by atoms with van der Waals surface area (Å²) >= 11 is 5.99. The van der Waals surface area contributed by atoms with Crippen molar-refractivity contribution in [2.75, 3.05) is 13.1 Å². The number of hydrogen-bond donors (Lipinski definition) is 2. The van der Waals surface area contributed by atoms with Gasteiger partial charge in [0.05, 0.1) is 5.92 Å². The lowest BCUT2D eigenvalue weighted by Crippen LogP contribution is -2.45. The second-order valence-corrected chi connectivity index (χ2v) is 9.52. The second-order valence-electron chi connectivity index (χ2n) is 7.24. The minimum Gasteiger partial charge on any atom is -0.442 e. The number of hydrogen-bond acceptors (Lipinski definition) is 5. The number of sulfonamides is 1. The van der Waals surface area contributed by atoms with Gasteiger partial charge in [-0.2, -0.15) is 9.40 Å². The number of piperidine rings is 1. The van der Waals surface area contributed by atoms with Crippen molar-refractivity contribution in [1.29, 1.82) is 0 Å². The number of benzene rings is 1. The van der Waals surface area contributed by atoms with Gasteiger partial charge in [-0.05, 0) is 48.7 Å². The Kier molecular flexibility index (Phi) is 6.12. The summed E-state index contributed by atoms with van der Waals surface area (Å²) in [5.74, 6) is -0.886. The van der Waals surface area contributed by atoms with Gasteiger partial charge < -0.3 is 9.73 Å². The quantitative estimate of drug-likeness (QED) is 0.580. The summed E-state index contributed by atoms with van der Waals surface area (Å²) < 4.78 is 46.0. The first-order valence-electron chi connectivity index (χ1n) is 9.66. The molecule has 0 saturated carbocycles. The molecule has 164 valence electrons. The third kappa shape index (κ3) is 4.65. The topological polar surface area (TPSA) is 108 Å². The van der Waals surface area contributed by atoms with Crippen LogP contribution in [0.4, 0.5) is 4.39 Å². The van der Waals surface area contributed by atoms with Crippen molar-refractivity contribution in [3.05, 3.63) is 59.0 Å². The van der Waals surface area contributed by atoms with Crippen LogP contribution in [0.5, 0.6) is 0 Å². The maximum atomic E-state index is 13.2. The van der Waals surface area contributed by atoms with Crippen molar-refractivity contribution in [3.8, 4) is 11.5 Å². The number of nitrogens with one attached hydrogen (secondary N) is 2. The largest absolute Gasteiger partial charge is 0.442 e. The molecule has 1 unspecified atom stereocenters. The standard InChI is InChI=1S/C20H20ClFN4O4S/c21-16-10-15(22)4-3-13(16)11-23-20(27)14-2-1-9-26(12-14)31(28,29)19-6-5-18(30-19)17-7-8-24-25-17/h3-8,10,14H,1-2,9,11-12H2,(H,23,27)(H,24,25). The number of carbonyl (C=O) groups excluding carboxylic acids is 1. The summed E-state index contributed by atoms with van der Waals surface area (Å²) in [6, 6.07) is 8.57. The van der Waals surface area contributed by atoms with E-state index in [1.54, 1.807) is 18.3 Å². The van der Waals surface area contributed by atoms with E-state index in [2.05, 4.69) is 15.5 Å². The molecule has 11 heteroatoms. The van der Waals surface area contributed by atoms with Crippen LogP contribution in [0.2, 0.25) is 5.02 Å². The van der Waals surface area contributed by atoms with Crippen LogP contribution in [0.3, 0.4) is 0 Å². The number of amides is 1. The van der Waals surface area contributed by atoms with Gasteiger partial charge in [-0.1, -0.05) is 17.7 Å². The molecule has 1 amide bonds. The summed E-state index contributed by atoms with van der Waals surface area (Å²) in [4.78, 5) is 12.6. The Morgan fingerprint density at radius 3 is 2.90 bits per heavy atom. The summed E-state index contributed by atoms with van der Waals surface area (Å²) in [5, 5.41) is 9.34. The number of nitrogens with zero attached hydrogens (tertiary/aromatic N) is 2. The molecule has 0 spiro atoms. The Bertz CT molecular complexity index is 1180. The third-order valence-corrected chi connectivity index (χ3v) is 7.26. The predicted octanol–water partition coefficient (Wildman–Crippen LogP) is 3.18. The summed E-state index contributed by atoms with van der Waals surface area (Å²) in [7, 11) is -3.89. The van der Waals surface area contributed by atoms with Gasteiger partial charge >= 0.3 is 0 Å². The molecule has 1 aliphatic heterocycles. The molecule has 1 fully saturated rings. The number of H-pyrrole nitrogens is 1. The molecule has 1 aromatic carbocycles. The number of rotatable bonds is 6. The highest BCUT2D eigenvalue weighted by Crippen LogP contribution is 2.28. The van der Waals surface area contributed by atoms with E-state index in [1.165, 1.54) is 28.6 Å². The molecule has 0 bridgehead atoms. The van der Waals surface area contributed by atoms with E-state index in [-0.39, 0.29) is 29.1 Å². The highest BCUT2D eigenvalue weighted by atomic mass is 35.5. The van der Waals surface area contributed by atoms with Gasteiger partial charge in [0.25, 0.3) is 10.0 Å². The molecule has 2 aromatic heterocycles. The van der Waals surface area contributed by atoms with E-state index < -0.39 is 21.8 Å². The second kappa shape index (κ2) is 8.81. The molecule has 0 radical (unpaired) electrons. The van der Waals surface area contributed by atoms with Gasteiger partial charge in [-0.3, -0.25) is 9.89 Å². The molecule has 3 aromatic rings. The fourth-order valence-electron chi connectivity index (χ4n) is 3.49. The fourth-order valence-corrected chi connectivity index (χ4v) is 5.16. The zero-order valence-electron chi connectivity index (χ0n) is 16.3. The Labute approximate surface area is 183 Å². The average Bonchev–Trinajstić information content (AvgIpc) is 3.45. The highest BCUT2D eigenvalue weighted by Gasteiger charge is 2.35. The number of halogens is 2. The van der Waals surface area contributed by atoms with E-state index in [9.17, 15) is 17.6 Å². The lowest BCUT2D eigenvalue weighted by molar-refractivity contribution is -0.126. The molecule has 0 aliphatic carbocycles. The smallest absolute Gasteiger partial charge is 0.276 e. The lowest BCUT2D eigenvalue weighted by atomic mass is 9.99. The average molecular weight is 467 g/mol. The maximum absolute atomic E-state index is 13.2.